The van der Waals surface area contributed by atoms with Crippen LogP contribution in [-0.4, -0.2) is 25.8 Å². The molecule has 0 saturated heterocycles. The lowest BCUT2D eigenvalue weighted by molar-refractivity contribution is 0.0697. The van der Waals surface area contributed by atoms with Crippen molar-refractivity contribution in [3.63, 3.8) is 0 Å². The molecule has 0 fully saturated rings. The molecule has 5 nitrogen and oxygen atoms in total. The van der Waals surface area contributed by atoms with Crippen LogP contribution in [0.4, 0.5) is 0 Å². The predicted octanol–water partition coefficient (Wildman–Crippen LogP) is 5.11. The summed E-state index contributed by atoms with van der Waals surface area (Å²) < 4.78 is 1.95. The van der Waals surface area contributed by atoms with Crippen molar-refractivity contribution in [1.29, 1.82) is 0 Å². The maximum atomic E-state index is 11.5. The van der Waals surface area contributed by atoms with E-state index >= 15 is 0 Å². The third kappa shape index (κ3) is 4.80. The highest BCUT2D eigenvalue weighted by Crippen LogP contribution is 2.25. The highest BCUT2D eigenvalue weighted by Gasteiger charge is 2.21. The molecule has 0 aliphatic rings. The Hall–Kier alpha value is -3.21. The Morgan fingerprint density at radius 2 is 1.79 bits per heavy atom. The van der Waals surface area contributed by atoms with E-state index in [-0.39, 0.29) is 5.41 Å². The monoisotopic (exact) mass is 389 g/mol. The van der Waals surface area contributed by atoms with Gasteiger partial charge in [-0.25, -0.2) is 14.5 Å². The fourth-order valence-corrected chi connectivity index (χ4v) is 3.08. The Morgan fingerprint density at radius 1 is 1.10 bits per heavy atom. The van der Waals surface area contributed by atoms with Gasteiger partial charge >= 0.3 is 5.97 Å². The Morgan fingerprint density at radius 3 is 2.41 bits per heavy atom. The molecule has 0 bridgehead atoms. The van der Waals surface area contributed by atoms with Gasteiger partial charge in [-0.15, -0.1) is 0 Å². The van der Waals surface area contributed by atoms with Crippen LogP contribution in [0.15, 0.2) is 60.7 Å². The SMILES string of the molecule is C/C=C/Cn1nc(C(C)(C)C)nc1Cc1ccc(-c2ccccc2C(=O)O)cc1. The highest BCUT2D eigenvalue weighted by molar-refractivity contribution is 5.95. The van der Waals surface area contributed by atoms with Crippen molar-refractivity contribution in [3.05, 3.63) is 83.5 Å². The number of carbonyl (C=O) groups is 1. The second kappa shape index (κ2) is 8.43. The number of benzene rings is 2. The molecule has 0 aliphatic carbocycles. The molecule has 0 unspecified atom stereocenters. The van der Waals surface area contributed by atoms with Crippen molar-refractivity contribution >= 4 is 5.97 Å². The summed E-state index contributed by atoms with van der Waals surface area (Å²) in [7, 11) is 0. The number of aromatic nitrogens is 3. The first kappa shape index (κ1) is 20.5. The molecule has 0 atom stereocenters. The molecule has 1 heterocycles. The third-order valence-corrected chi connectivity index (χ3v) is 4.72. The van der Waals surface area contributed by atoms with Crippen molar-refractivity contribution in [2.45, 2.75) is 46.1 Å². The minimum absolute atomic E-state index is 0.111. The van der Waals surface area contributed by atoms with Crippen LogP contribution in [0.2, 0.25) is 0 Å². The van der Waals surface area contributed by atoms with Crippen LogP contribution < -0.4 is 0 Å². The molecule has 0 saturated carbocycles. The lowest BCUT2D eigenvalue weighted by Crippen LogP contribution is -2.14. The topological polar surface area (TPSA) is 68.0 Å². The lowest BCUT2D eigenvalue weighted by atomic mass is 9.96. The minimum Gasteiger partial charge on any atom is -0.478 e. The summed E-state index contributed by atoms with van der Waals surface area (Å²) in [4.78, 5) is 16.3. The fourth-order valence-electron chi connectivity index (χ4n) is 3.08. The first-order valence-corrected chi connectivity index (χ1v) is 9.76. The van der Waals surface area contributed by atoms with Gasteiger partial charge in [0.1, 0.15) is 5.82 Å². The van der Waals surface area contributed by atoms with Gasteiger partial charge < -0.3 is 5.11 Å². The molecule has 5 heteroatoms. The molecular weight excluding hydrogens is 362 g/mol. The number of aromatic carboxylic acids is 1. The Labute approximate surface area is 171 Å². The number of hydrogen-bond donors (Lipinski definition) is 1. The van der Waals surface area contributed by atoms with Gasteiger partial charge in [-0.1, -0.05) is 75.4 Å². The van der Waals surface area contributed by atoms with Crippen LogP contribution in [-0.2, 0) is 18.4 Å². The van der Waals surface area contributed by atoms with Gasteiger partial charge in [0.2, 0.25) is 0 Å². The van der Waals surface area contributed by atoms with Crippen LogP contribution in [0.3, 0.4) is 0 Å². The fraction of sp³-hybridized carbons (Fsp3) is 0.292. The lowest BCUT2D eigenvalue weighted by Gasteiger charge is -2.12. The van der Waals surface area contributed by atoms with E-state index in [9.17, 15) is 9.90 Å². The molecule has 3 rings (SSSR count). The maximum Gasteiger partial charge on any atom is 0.336 e. The zero-order chi connectivity index (χ0) is 21.0. The summed E-state index contributed by atoms with van der Waals surface area (Å²) in [6.07, 6.45) is 4.74. The van der Waals surface area contributed by atoms with Crippen molar-refractivity contribution in [2.75, 3.05) is 0 Å². The summed E-state index contributed by atoms with van der Waals surface area (Å²) >= 11 is 0. The van der Waals surface area contributed by atoms with Gasteiger partial charge in [0.05, 0.1) is 12.1 Å². The second-order valence-electron chi connectivity index (χ2n) is 8.08. The van der Waals surface area contributed by atoms with Crippen LogP contribution >= 0.6 is 0 Å². The summed E-state index contributed by atoms with van der Waals surface area (Å²) in [6.45, 7) is 9.02. The predicted molar refractivity (Wildman–Crippen MR) is 115 cm³/mol. The van der Waals surface area contributed by atoms with Gasteiger partial charge in [-0.3, -0.25) is 0 Å². The van der Waals surface area contributed by atoms with Gasteiger partial charge in [0.25, 0.3) is 0 Å². The van der Waals surface area contributed by atoms with Gasteiger partial charge in [-0.05, 0) is 29.7 Å². The Bertz CT molecular complexity index is 1030. The van der Waals surface area contributed by atoms with Crippen molar-refractivity contribution in [3.8, 4) is 11.1 Å². The van der Waals surface area contributed by atoms with Crippen LogP contribution in [0, 0.1) is 0 Å². The van der Waals surface area contributed by atoms with E-state index in [2.05, 4.69) is 26.8 Å². The molecule has 0 spiro atoms. The van der Waals surface area contributed by atoms with Crippen LogP contribution in [0.5, 0.6) is 0 Å². The van der Waals surface area contributed by atoms with E-state index < -0.39 is 5.97 Å². The van der Waals surface area contributed by atoms with Gasteiger partial charge in [0, 0.05) is 11.8 Å². The van der Waals surface area contributed by atoms with Gasteiger partial charge in [-0.2, -0.15) is 5.10 Å². The molecule has 1 aromatic heterocycles. The van der Waals surface area contributed by atoms with E-state index in [0.717, 1.165) is 28.3 Å². The van der Waals surface area contributed by atoms with E-state index in [0.29, 0.717) is 18.5 Å². The van der Waals surface area contributed by atoms with Crippen LogP contribution in [0.25, 0.3) is 11.1 Å². The van der Waals surface area contributed by atoms with Crippen molar-refractivity contribution < 1.29 is 9.90 Å². The summed E-state index contributed by atoms with van der Waals surface area (Å²) in [5.41, 5.74) is 2.91. The normalized spacial score (nSPS) is 11.9. The maximum absolute atomic E-state index is 11.5. The summed E-state index contributed by atoms with van der Waals surface area (Å²) in [5, 5.41) is 14.1. The minimum atomic E-state index is -0.920. The quantitative estimate of drug-likeness (QED) is 0.595. The standard InChI is InChI=1S/C24H27N3O2/c1-5-6-15-27-21(25-23(26-27)24(2,3)4)16-17-11-13-18(14-12-17)19-9-7-8-10-20(19)22(28)29/h5-14H,15-16H2,1-4H3,(H,28,29)/b6-5+. The number of rotatable bonds is 6. The molecular formula is C24H27N3O2. The zero-order valence-corrected chi connectivity index (χ0v) is 17.4. The first-order valence-electron chi connectivity index (χ1n) is 9.76. The van der Waals surface area contributed by atoms with E-state index in [1.54, 1.807) is 12.1 Å². The molecule has 0 radical (unpaired) electrons. The van der Waals surface area contributed by atoms with E-state index in [1.807, 2.05) is 54.1 Å². The summed E-state index contributed by atoms with van der Waals surface area (Å²) in [6, 6.07) is 15.0. The molecule has 150 valence electrons. The molecule has 1 N–H and O–H groups in total. The van der Waals surface area contributed by atoms with E-state index in [4.69, 9.17) is 10.1 Å². The second-order valence-corrected chi connectivity index (χ2v) is 8.08. The smallest absolute Gasteiger partial charge is 0.336 e. The molecule has 3 aromatic rings. The molecule has 0 amide bonds. The number of nitrogens with zero attached hydrogens (tertiary/aromatic N) is 3. The van der Waals surface area contributed by atoms with Gasteiger partial charge in [0.15, 0.2) is 5.82 Å². The molecule has 29 heavy (non-hydrogen) atoms. The largest absolute Gasteiger partial charge is 0.478 e. The number of carboxylic acid groups (broad SMARTS) is 1. The molecule has 2 aromatic carbocycles. The molecule has 0 aliphatic heterocycles. The number of allylic oxidation sites excluding steroid dienone is 2. The average molecular weight is 389 g/mol. The van der Waals surface area contributed by atoms with Crippen molar-refractivity contribution in [1.82, 2.24) is 14.8 Å². The third-order valence-electron chi connectivity index (χ3n) is 4.72. The zero-order valence-electron chi connectivity index (χ0n) is 17.4. The average Bonchev–Trinajstić information content (AvgIpc) is 3.10. The number of hydrogen-bond acceptors (Lipinski definition) is 3. The summed E-state index contributed by atoms with van der Waals surface area (Å²) in [5.74, 6) is 0.840. The Kier molecular flexibility index (Phi) is 5.97. The van der Waals surface area contributed by atoms with Crippen molar-refractivity contribution in [2.24, 2.45) is 0 Å². The van der Waals surface area contributed by atoms with Crippen LogP contribution in [0.1, 0.15) is 55.3 Å². The Balaban J connectivity index is 1.89. The highest BCUT2D eigenvalue weighted by atomic mass is 16.4. The first-order chi connectivity index (χ1) is 13.8. The number of carboxylic acids is 1. The van der Waals surface area contributed by atoms with E-state index in [1.165, 1.54) is 0 Å².